The average molecular weight is 195 g/mol. The third-order valence-corrected chi connectivity index (χ3v) is 2.49. The Bertz CT molecular complexity index is 302. The molecule has 0 bridgehead atoms. The largest absolute Gasteiger partial charge is 0.338 e. The van der Waals surface area contributed by atoms with E-state index in [1.54, 1.807) is 6.20 Å². The molecule has 14 heavy (non-hydrogen) atoms. The zero-order valence-corrected chi connectivity index (χ0v) is 8.73. The molecule has 0 amide bonds. The van der Waals surface area contributed by atoms with Gasteiger partial charge in [-0.1, -0.05) is 6.92 Å². The minimum absolute atomic E-state index is 0.0216. The molecule has 4 heteroatoms. The van der Waals surface area contributed by atoms with E-state index < -0.39 is 0 Å². The summed E-state index contributed by atoms with van der Waals surface area (Å²) in [5.41, 5.74) is 5.50. The van der Waals surface area contributed by atoms with Crippen molar-refractivity contribution < 1.29 is 4.79 Å². The molecule has 0 aliphatic rings. The normalized spacial score (nSPS) is 12.8. The first-order valence-electron chi connectivity index (χ1n) is 4.88. The van der Waals surface area contributed by atoms with Gasteiger partial charge in [-0.2, -0.15) is 0 Å². The van der Waals surface area contributed by atoms with Crippen LogP contribution >= 0.6 is 0 Å². The van der Waals surface area contributed by atoms with Gasteiger partial charge in [0.15, 0.2) is 0 Å². The van der Waals surface area contributed by atoms with Gasteiger partial charge in [-0.05, 0) is 6.42 Å². The molecular weight excluding hydrogens is 178 g/mol. The lowest BCUT2D eigenvalue weighted by molar-refractivity contribution is -0.122. The second-order valence-electron chi connectivity index (χ2n) is 3.44. The molecule has 0 aliphatic heterocycles. The average Bonchev–Trinajstić information content (AvgIpc) is 2.54. The highest BCUT2D eigenvalue weighted by Crippen LogP contribution is 2.06. The number of Topliss-reactive ketones (excluding diaryl/α,β-unsaturated/α-hetero) is 1. The minimum Gasteiger partial charge on any atom is -0.338 e. The lowest BCUT2D eigenvalue weighted by Gasteiger charge is -2.10. The molecule has 1 atom stereocenters. The molecule has 1 aromatic heterocycles. The van der Waals surface area contributed by atoms with Crippen LogP contribution in [0.4, 0.5) is 0 Å². The number of carbonyl (C=O) groups excluding carboxylic acids is 1. The SMILES string of the molecule is CCC(CN)C(=O)Cc1nccn1C. The third kappa shape index (κ3) is 2.42. The summed E-state index contributed by atoms with van der Waals surface area (Å²) in [7, 11) is 1.89. The molecule has 1 unspecified atom stereocenters. The Hall–Kier alpha value is -1.16. The number of carbonyl (C=O) groups is 1. The van der Waals surface area contributed by atoms with E-state index in [9.17, 15) is 4.79 Å². The second kappa shape index (κ2) is 4.91. The molecule has 0 fully saturated rings. The number of imidazole rings is 1. The molecule has 1 aromatic rings. The van der Waals surface area contributed by atoms with E-state index in [2.05, 4.69) is 4.98 Å². The molecule has 2 N–H and O–H groups in total. The summed E-state index contributed by atoms with van der Waals surface area (Å²) < 4.78 is 1.86. The summed E-state index contributed by atoms with van der Waals surface area (Å²) in [4.78, 5) is 15.8. The van der Waals surface area contributed by atoms with Crippen molar-refractivity contribution in [3.63, 3.8) is 0 Å². The Labute approximate surface area is 84.1 Å². The molecule has 0 aliphatic carbocycles. The molecule has 0 spiro atoms. The van der Waals surface area contributed by atoms with E-state index in [-0.39, 0.29) is 11.7 Å². The topological polar surface area (TPSA) is 60.9 Å². The number of nitrogens with two attached hydrogens (primary N) is 1. The Morgan fingerprint density at radius 1 is 1.71 bits per heavy atom. The van der Waals surface area contributed by atoms with E-state index >= 15 is 0 Å². The maximum atomic E-state index is 11.7. The van der Waals surface area contributed by atoms with Gasteiger partial charge in [0, 0.05) is 31.9 Å². The van der Waals surface area contributed by atoms with E-state index in [1.807, 2.05) is 24.7 Å². The van der Waals surface area contributed by atoms with Gasteiger partial charge >= 0.3 is 0 Å². The van der Waals surface area contributed by atoms with Gasteiger partial charge in [-0.25, -0.2) is 4.98 Å². The van der Waals surface area contributed by atoms with E-state index in [0.717, 1.165) is 12.2 Å². The number of aromatic nitrogens is 2. The molecular formula is C10H17N3O. The summed E-state index contributed by atoms with van der Waals surface area (Å²) in [5.74, 6) is 0.970. The molecule has 1 heterocycles. The van der Waals surface area contributed by atoms with Crippen molar-refractivity contribution in [3.8, 4) is 0 Å². The fourth-order valence-electron chi connectivity index (χ4n) is 1.39. The van der Waals surface area contributed by atoms with Crippen molar-refractivity contribution in [1.82, 2.24) is 9.55 Å². The van der Waals surface area contributed by atoms with Gasteiger partial charge < -0.3 is 10.3 Å². The molecule has 0 saturated heterocycles. The Balaban J connectivity index is 2.61. The highest BCUT2D eigenvalue weighted by atomic mass is 16.1. The number of hydrogen-bond acceptors (Lipinski definition) is 3. The smallest absolute Gasteiger partial charge is 0.144 e. The van der Waals surface area contributed by atoms with Crippen LogP contribution < -0.4 is 5.73 Å². The fourth-order valence-corrected chi connectivity index (χ4v) is 1.39. The van der Waals surface area contributed by atoms with Crippen LogP contribution in [-0.2, 0) is 18.3 Å². The van der Waals surface area contributed by atoms with Crippen molar-refractivity contribution in [2.75, 3.05) is 6.54 Å². The Morgan fingerprint density at radius 3 is 2.86 bits per heavy atom. The zero-order chi connectivity index (χ0) is 10.6. The first-order chi connectivity index (χ1) is 6.69. The summed E-state index contributed by atoms with van der Waals surface area (Å²) in [6.07, 6.45) is 4.73. The predicted molar refractivity (Wildman–Crippen MR) is 54.8 cm³/mol. The standard InChI is InChI=1S/C10H17N3O/c1-3-8(7-11)9(14)6-10-12-4-5-13(10)2/h4-5,8H,3,6-7,11H2,1-2H3. The number of hydrogen-bond donors (Lipinski definition) is 1. The summed E-state index contributed by atoms with van der Waals surface area (Å²) in [6.45, 7) is 2.41. The minimum atomic E-state index is -0.0216. The van der Waals surface area contributed by atoms with Crippen LogP contribution in [0, 0.1) is 5.92 Å². The van der Waals surface area contributed by atoms with Gasteiger partial charge in [0.2, 0.25) is 0 Å². The number of ketones is 1. The van der Waals surface area contributed by atoms with Crippen molar-refractivity contribution in [2.45, 2.75) is 19.8 Å². The first-order valence-corrected chi connectivity index (χ1v) is 4.88. The lowest BCUT2D eigenvalue weighted by Crippen LogP contribution is -2.25. The quantitative estimate of drug-likeness (QED) is 0.745. The molecule has 4 nitrogen and oxygen atoms in total. The molecule has 0 saturated carbocycles. The Morgan fingerprint density at radius 2 is 2.43 bits per heavy atom. The van der Waals surface area contributed by atoms with Crippen LogP contribution in [0.1, 0.15) is 19.2 Å². The lowest BCUT2D eigenvalue weighted by atomic mass is 9.99. The van der Waals surface area contributed by atoms with Crippen LogP contribution in [0.15, 0.2) is 12.4 Å². The van der Waals surface area contributed by atoms with E-state index in [4.69, 9.17) is 5.73 Å². The van der Waals surface area contributed by atoms with Crippen molar-refractivity contribution in [1.29, 1.82) is 0 Å². The summed E-state index contributed by atoms with van der Waals surface area (Å²) in [6, 6.07) is 0. The van der Waals surface area contributed by atoms with Crippen LogP contribution in [0.2, 0.25) is 0 Å². The van der Waals surface area contributed by atoms with E-state index in [0.29, 0.717) is 13.0 Å². The monoisotopic (exact) mass is 195 g/mol. The maximum Gasteiger partial charge on any atom is 0.144 e. The van der Waals surface area contributed by atoms with Gasteiger partial charge in [-0.3, -0.25) is 4.79 Å². The van der Waals surface area contributed by atoms with Crippen molar-refractivity contribution >= 4 is 5.78 Å². The van der Waals surface area contributed by atoms with Gasteiger partial charge in [0.1, 0.15) is 11.6 Å². The fraction of sp³-hybridized carbons (Fsp3) is 0.600. The summed E-state index contributed by atoms with van der Waals surface area (Å²) in [5, 5.41) is 0. The van der Waals surface area contributed by atoms with Crippen LogP contribution in [0.3, 0.4) is 0 Å². The summed E-state index contributed by atoms with van der Waals surface area (Å²) >= 11 is 0. The van der Waals surface area contributed by atoms with Gasteiger partial charge in [-0.15, -0.1) is 0 Å². The maximum absolute atomic E-state index is 11.7. The van der Waals surface area contributed by atoms with Crippen LogP contribution in [0.5, 0.6) is 0 Å². The molecule has 1 rings (SSSR count). The highest BCUT2D eigenvalue weighted by molar-refractivity contribution is 5.82. The number of nitrogens with zero attached hydrogens (tertiary/aromatic N) is 2. The number of aryl methyl sites for hydroxylation is 1. The number of rotatable bonds is 5. The van der Waals surface area contributed by atoms with Crippen LogP contribution in [0.25, 0.3) is 0 Å². The first kappa shape index (κ1) is 10.9. The highest BCUT2D eigenvalue weighted by Gasteiger charge is 2.16. The van der Waals surface area contributed by atoms with Crippen molar-refractivity contribution in [2.24, 2.45) is 18.7 Å². The predicted octanol–water partition coefficient (Wildman–Crippen LogP) is 0.517. The second-order valence-corrected chi connectivity index (χ2v) is 3.44. The molecule has 0 aromatic carbocycles. The van der Waals surface area contributed by atoms with Gasteiger partial charge in [0.05, 0.1) is 6.42 Å². The van der Waals surface area contributed by atoms with E-state index in [1.165, 1.54) is 0 Å². The zero-order valence-electron chi connectivity index (χ0n) is 8.73. The van der Waals surface area contributed by atoms with Gasteiger partial charge in [0.25, 0.3) is 0 Å². The van der Waals surface area contributed by atoms with Crippen LogP contribution in [-0.4, -0.2) is 21.9 Å². The molecule has 78 valence electrons. The van der Waals surface area contributed by atoms with Crippen molar-refractivity contribution in [3.05, 3.63) is 18.2 Å². The third-order valence-electron chi connectivity index (χ3n) is 2.49. The molecule has 0 radical (unpaired) electrons. The Kier molecular flexibility index (Phi) is 3.83.